The maximum atomic E-state index is 12.7. The molecule has 1 N–H and O–H groups in total. The Morgan fingerprint density at radius 3 is 2.45 bits per heavy atom. The first-order valence-corrected chi connectivity index (χ1v) is 10.0. The maximum Gasteiger partial charge on any atom is 0.258 e. The Morgan fingerprint density at radius 1 is 1.17 bits per heavy atom. The molecule has 152 valence electrons. The highest BCUT2D eigenvalue weighted by Gasteiger charge is 2.33. The fraction of sp³-hybridized carbons (Fsp3) is 0.364. The molecule has 0 bridgehead atoms. The lowest BCUT2D eigenvalue weighted by Gasteiger charge is -2.29. The normalized spacial score (nSPS) is 14.9. The van der Waals surface area contributed by atoms with Crippen LogP contribution < -0.4 is 15.0 Å². The van der Waals surface area contributed by atoms with Crippen LogP contribution in [-0.2, 0) is 6.54 Å². The Bertz CT molecular complexity index is 1080. The average Bonchev–Trinajstić information content (AvgIpc) is 3.56. The van der Waals surface area contributed by atoms with Gasteiger partial charge in [-0.25, -0.2) is 4.98 Å². The van der Waals surface area contributed by atoms with Gasteiger partial charge >= 0.3 is 0 Å². The van der Waals surface area contributed by atoms with Crippen LogP contribution in [0.5, 0.6) is 11.5 Å². The maximum absolute atomic E-state index is 12.7. The van der Waals surface area contributed by atoms with Gasteiger partial charge in [-0.3, -0.25) is 9.69 Å². The number of ether oxygens (including phenoxy) is 2. The molecular weight excluding hydrogens is 390 g/mol. The molecular formula is C22H24ClN3O3. The van der Waals surface area contributed by atoms with Crippen molar-refractivity contribution in [3.8, 4) is 11.5 Å². The number of hydrogen-bond donors (Lipinski definition) is 1. The molecule has 1 aromatic heterocycles. The second-order valence-electron chi connectivity index (χ2n) is 7.37. The zero-order valence-electron chi connectivity index (χ0n) is 16.7. The minimum atomic E-state index is -0.180. The number of aromatic amines is 1. The number of benzene rings is 2. The van der Waals surface area contributed by atoms with Crippen LogP contribution in [0.3, 0.4) is 0 Å². The van der Waals surface area contributed by atoms with Gasteiger partial charge in [0, 0.05) is 23.2 Å². The number of aromatic nitrogens is 2. The molecule has 29 heavy (non-hydrogen) atoms. The van der Waals surface area contributed by atoms with E-state index in [2.05, 4.69) is 28.9 Å². The van der Waals surface area contributed by atoms with Crippen LogP contribution in [0.15, 0.2) is 41.2 Å². The Kier molecular flexibility index (Phi) is 5.48. The standard InChI is InChI=1S/C22H24ClN3O3/c1-13(14-4-6-15(23)7-5-14)26(16-8-9-16)12-21-24-18-11-20(29-3)19(28-2)10-17(18)22(27)25-21/h4-7,10-11,13,16H,8-9,12H2,1-3H3,(H,24,25,27). The predicted octanol–water partition coefficient (Wildman–Crippen LogP) is 4.32. The summed E-state index contributed by atoms with van der Waals surface area (Å²) >= 11 is 6.04. The highest BCUT2D eigenvalue weighted by molar-refractivity contribution is 6.30. The molecule has 0 saturated heterocycles. The summed E-state index contributed by atoms with van der Waals surface area (Å²) in [6.45, 7) is 2.74. The first-order chi connectivity index (χ1) is 14.0. The molecule has 4 rings (SSSR count). The number of halogens is 1. The molecule has 6 nitrogen and oxygen atoms in total. The Labute approximate surface area is 174 Å². The molecule has 3 aromatic rings. The van der Waals surface area contributed by atoms with E-state index in [1.165, 1.54) is 5.56 Å². The van der Waals surface area contributed by atoms with Crippen LogP contribution in [0.25, 0.3) is 10.9 Å². The summed E-state index contributed by atoms with van der Waals surface area (Å²) in [6.07, 6.45) is 2.31. The van der Waals surface area contributed by atoms with Gasteiger partial charge in [-0.05, 0) is 43.5 Å². The molecule has 0 radical (unpaired) electrons. The highest BCUT2D eigenvalue weighted by Crippen LogP contribution is 2.36. The number of nitrogens with one attached hydrogen (secondary N) is 1. The number of hydrogen-bond acceptors (Lipinski definition) is 5. The summed E-state index contributed by atoms with van der Waals surface area (Å²) in [5, 5.41) is 1.21. The van der Waals surface area contributed by atoms with E-state index in [1.54, 1.807) is 26.4 Å². The molecule has 1 atom stereocenters. The number of nitrogens with zero attached hydrogens (tertiary/aromatic N) is 2. The van der Waals surface area contributed by atoms with E-state index in [0.717, 1.165) is 17.9 Å². The van der Waals surface area contributed by atoms with Crippen LogP contribution >= 0.6 is 11.6 Å². The third-order valence-corrected chi connectivity index (χ3v) is 5.71. The van der Waals surface area contributed by atoms with Crippen molar-refractivity contribution in [3.63, 3.8) is 0 Å². The van der Waals surface area contributed by atoms with Crippen LogP contribution in [0.2, 0.25) is 5.02 Å². The minimum absolute atomic E-state index is 0.180. The van der Waals surface area contributed by atoms with Gasteiger partial charge in [-0.15, -0.1) is 0 Å². The van der Waals surface area contributed by atoms with Crippen LogP contribution in [0, 0.1) is 0 Å². The fourth-order valence-corrected chi connectivity index (χ4v) is 3.81. The molecule has 1 aliphatic carbocycles. The lowest BCUT2D eigenvalue weighted by Crippen LogP contribution is -2.30. The monoisotopic (exact) mass is 413 g/mol. The van der Waals surface area contributed by atoms with E-state index >= 15 is 0 Å². The fourth-order valence-electron chi connectivity index (χ4n) is 3.68. The van der Waals surface area contributed by atoms with Crippen LogP contribution in [0.4, 0.5) is 0 Å². The topological polar surface area (TPSA) is 67.5 Å². The smallest absolute Gasteiger partial charge is 0.258 e. The van der Waals surface area contributed by atoms with Crippen molar-refractivity contribution in [2.24, 2.45) is 0 Å². The summed E-state index contributed by atoms with van der Waals surface area (Å²) < 4.78 is 10.7. The van der Waals surface area contributed by atoms with Crippen LogP contribution in [-0.4, -0.2) is 35.1 Å². The third kappa shape index (κ3) is 4.09. The average molecular weight is 414 g/mol. The van der Waals surface area contributed by atoms with E-state index in [0.29, 0.717) is 40.8 Å². The van der Waals surface area contributed by atoms with Crippen molar-refractivity contribution < 1.29 is 9.47 Å². The summed E-state index contributed by atoms with van der Waals surface area (Å²) in [5.74, 6) is 1.70. The second kappa shape index (κ2) is 8.05. The van der Waals surface area contributed by atoms with E-state index in [9.17, 15) is 4.79 Å². The molecule has 2 aromatic carbocycles. The Morgan fingerprint density at radius 2 is 1.83 bits per heavy atom. The van der Waals surface area contributed by atoms with E-state index in [4.69, 9.17) is 26.1 Å². The number of fused-ring (bicyclic) bond motifs is 1. The zero-order valence-corrected chi connectivity index (χ0v) is 17.5. The predicted molar refractivity (Wildman–Crippen MR) is 114 cm³/mol. The number of H-pyrrole nitrogens is 1. The van der Waals surface area contributed by atoms with Gasteiger partial charge in [0.2, 0.25) is 0 Å². The van der Waals surface area contributed by atoms with Crippen molar-refractivity contribution in [1.29, 1.82) is 0 Å². The summed E-state index contributed by atoms with van der Waals surface area (Å²) in [4.78, 5) is 22.7. The molecule has 1 saturated carbocycles. The minimum Gasteiger partial charge on any atom is -0.493 e. The number of methoxy groups -OCH3 is 2. The summed E-state index contributed by atoms with van der Waals surface area (Å²) in [7, 11) is 3.12. The van der Waals surface area contributed by atoms with E-state index in [-0.39, 0.29) is 11.6 Å². The summed E-state index contributed by atoms with van der Waals surface area (Å²) in [5.41, 5.74) is 1.60. The van der Waals surface area contributed by atoms with Gasteiger partial charge in [0.05, 0.1) is 31.7 Å². The van der Waals surface area contributed by atoms with Crippen molar-refractivity contribution in [3.05, 3.63) is 63.2 Å². The first kappa shape index (κ1) is 19.7. The molecule has 7 heteroatoms. The molecule has 1 unspecified atom stereocenters. The lowest BCUT2D eigenvalue weighted by atomic mass is 10.1. The van der Waals surface area contributed by atoms with Crippen molar-refractivity contribution >= 4 is 22.5 Å². The first-order valence-electron chi connectivity index (χ1n) is 9.66. The van der Waals surface area contributed by atoms with Gasteiger partial charge in [-0.1, -0.05) is 23.7 Å². The largest absolute Gasteiger partial charge is 0.493 e. The molecule has 0 amide bonds. The SMILES string of the molecule is COc1cc2nc(CN(C3CC3)C(C)c3ccc(Cl)cc3)[nH]c(=O)c2cc1OC. The van der Waals surface area contributed by atoms with Gasteiger partial charge in [0.25, 0.3) is 5.56 Å². The van der Waals surface area contributed by atoms with Crippen molar-refractivity contribution in [2.45, 2.75) is 38.4 Å². The highest BCUT2D eigenvalue weighted by atomic mass is 35.5. The molecule has 1 aliphatic rings. The Hall–Kier alpha value is -2.57. The van der Waals surface area contributed by atoms with Gasteiger partial charge in [-0.2, -0.15) is 0 Å². The molecule has 1 heterocycles. The second-order valence-corrected chi connectivity index (χ2v) is 7.80. The van der Waals surface area contributed by atoms with Gasteiger partial charge < -0.3 is 14.5 Å². The number of rotatable bonds is 7. The summed E-state index contributed by atoms with van der Waals surface area (Å²) in [6, 6.07) is 12.0. The Balaban J connectivity index is 1.67. The lowest BCUT2D eigenvalue weighted by molar-refractivity contribution is 0.186. The quantitative estimate of drug-likeness (QED) is 0.624. The van der Waals surface area contributed by atoms with Gasteiger partial charge in [0.15, 0.2) is 11.5 Å². The van der Waals surface area contributed by atoms with Crippen LogP contribution in [0.1, 0.15) is 37.2 Å². The van der Waals surface area contributed by atoms with Crippen molar-refractivity contribution in [2.75, 3.05) is 14.2 Å². The molecule has 0 aliphatic heterocycles. The van der Waals surface area contributed by atoms with E-state index in [1.807, 2.05) is 12.1 Å². The third-order valence-electron chi connectivity index (χ3n) is 5.46. The molecule has 1 fully saturated rings. The molecule has 0 spiro atoms. The zero-order chi connectivity index (χ0) is 20.5. The van der Waals surface area contributed by atoms with E-state index < -0.39 is 0 Å². The van der Waals surface area contributed by atoms with Crippen molar-refractivity contribution in [1.82, 2.24) is 14.9 Å². The van der Waals surface area contributed by atoms with Gasteiger partial charge in [0.1, 0.15) is 5.82 Å².